The first-order chi connectivity index (χ1) is 11.3. The Kier molecular flexibility index (Phi) is 4.86. The first-order valence-corrected chi connectivity index (χ1v) is 7.95. The van der Waals surface area contributed by atoms with Crippen LogP contribution in [-0.4, -0.2) is 24.1 Å². The van der Waals surface area contributed by atoms with E-state index in [1.54, 1.807) is 6.26 Å². The van der Waals surface area contributed by atoms with Crippen LogP contribution >= 0.6 is 0 Å². The first kappa shape index (κ1) is 15.5. The van der Waals surface area contributed by atoms with Crippen LogP contribution in [0.25, 0.3) is 0 Å². The van der Waals surface area contributed by atoms with Gasteiger partial charge in [-0.3, -0.25) is 4.79 Å². The minimum atomic E-state index is 0.0914. The number of nitrogens with zero attached hydrogens (tertiary/aromatic N) is 1. The molecule has 1 aliphatic heterocycles. The highest BCUT2D eigenvalue weighted by Crippen LogP contribution is 2.32. The summed E-state index contributed by atoms with van der Waals surface area (Å²) in [4.78, 5) is 14.5. The molecule has 5 heteroatoms. The van der Waals surface area contributed by atoms with Crippen molar-refractivity contribution in [2.75, 3.05) is 13.3 Å². The van der Waals surface area contributed by atoms with Gasteiger partial charge in [0.1, 0.15) is 5.76 Å². The van der Waals surface area contributed by atoms with Gasteiger partial charge in [-0.2, -0.15) is 0 Å². The minimum Gasteiger partial charge on any atom is -0.467 e. The van der Waals surface area contributed by atoms with Crippen LogP contribution in [0.15, 0.2) is 41.0 Å². The van der Waals surface area contributed by atoms with Gasteiger partial charge in [0.2, 0.25) is 12.7 Å². The summed E-state index contributed by atoms with van der Waals surface area (Å²) < 4.78 is 16.0. The van der Waals surface area contributed by atoms with Crippen LogP contribution < -0.4 is 9.47 Å². The van der Waals surface area contributed by atoms with Crippen molar-refractivity contribution in [3.05, 3.63) is 47.9 Å². The summed E-state index contributed by atoms with van der Waals surface area (Å²) in [6.45, 7) is 3.61. The number of fused-ring (bicyclic) bond motifs is 1. The molecule has 1 aliphatic rings. The normalized spacial score (nSPS) is 12.4. The lowest BCUT2D eigenvalue weighted by atomic mass is 10.1. The van der Waals surface area contributed by atoms with E-state index in [2.05, 4.69) is 6.92 Å². The van der Waals surface area contributed by atoms with E-state index in [1.165, 1.54) is 0 Å². The lowest BCUT2D eigenvalue weighted by molar-refractivity contribution is -0.131. The zero-order valence-corrected chi connectivity index (χ0v) is 13.3. The lowest BCUT2D eigenvalue weighted by Gasteiger charge is -2.21. The molecular weight excluding hydrogens is 294 g/mol. The lowest BCUT2D eigenvalue weighted by Crippen LogP contribution is -2.32. The number of unbranched alkanes of at least 4 members (excludes halogenated alkanes) is 1. The molecule has 0 aliphatic carbocycles. The van der Waals surface area contributed by atoms with E-state index in [4.69, 9.17) is 13.9 Å². The molecule has 23 heavy (non-hydrogen) atoms. The topological polar surface area (TPSA) is 51.9 Å². The van der Waals surface area contributed by atoms with Gasteiger partial charge in [-0.05, 0) is 36.2 Å². The summed E-state index contributed by atoms with van der Waals surface area (Å²) in [5.41, 5.74) is 0.931. The SMILES string of the molecule is CCCCN(Cc1ccco1)C(=O)Cc1ccc2c(c1)OCO2. The second kappa shape index (κ2) is 7.22. The number of rotatable bonds is 7. The zero-order valence-electron chi connectivity index (χ0n) is 13.3. The molecular formula is C18H21NO4. The molecule has 0 unspecified atom stereocenters. The van der Waals surface area contributed by atoms with Gasteiger partial charge in [-0.1, -0.05) is 19.4 Å². The number of carbonyl (C=O) groups excluding carboxylic acids is 1. The van der Waals surface area contributed by atoms with Crippen molar-refractivity contribution in [3.63, 3.8) is 0 Å². The van der Waals surface area contributed by atoms with Crippen LogP contribution in [-0.2, 0) is 17.8 Å². The maximum atomic E-state index is 12.7. The molecule has 0 atom stereocenters. The number of hydrogen-bond acceptors (Lipinski definition) is 4. The third-order valence-corrected chi connectivity index (χ3v) is 3.85. The maximum Gasteiger partial charge on any atom is 0.231 e. The molecule has 0 saturated heterocycles. The Morgan fingerprint density at radius 1 is 1.22 bits per heavy atom. The molecule has 0 radical (unpaired) electrons. The van der Waals surface area contributed by atoms with E-state index in [9.17, 15) is 4.79 Å². The Morgan fingerprint density at radius 3 is 2.87 bits per heavy atom. The third kappa shape index (κ3) is 3.86. The van der Waals surface area contributed by atoms with Gasteiger partial charge >= 0.3 is 0 Å². The van der Waals surface area contributed by atoms with Crippen molar-refractivity contribution < 1.29 is 18.7 Å². The van der Waals surface area contributed by atoms with E-state index >= 15 is 0 Å². The first-order valence-electron chi connectivity index (χ1n) is 7.95. The van der Waals surface area contributed by atoms with Gasteiger partial charge in [-0.25, -0.2) is 0 Å². The second-order valence-corrected chi connectivity index (χ2v) is 5.61. The Balaban J connectivity index is 1.67. The summed E-state index contributed by atoms with van der Waals surface area (Å²) in [7, 11) is 0. The number of amides is 1. The molecule has 0 bridgehead atoms. The monoisotopic (exact) mass is 315 g/mol. The summed E-state index contributed by atoms with van der Waals surface area (Å²) in [6.07, 6.45) is 4.01. The van der Waals surface area contributed by atoms with Gasteiger partial charge in [0.25, 0.3) is 0 Å². The molecule has 2 aromatic rings. The van der Waals surface area contributed by atoms with Gasteiger partial charge in [0.05, 0.1) is 19.2 Å². The van der Waals surface area contributed by atoms with Crippen molar-refractivity contribution >= 4 is 5.91 Å². The Hall–Kier alpha value is -2.43. The minimum absolute atomic E-state index is 0.0914. The third-order valence-electron chi connectivity index (χ3n) is 3.85. The van der Waals surface area contributed by atoms with Crippen LogP contribution in [0.3, 0.4) is 0 Å². The van der Waals surface area contributed by atoms with E-state index in [0.29, 0.717) is 18.7 Å². The predicted octanol–water partition coefficient (Wildman–Crippen LogP) is 3.38. The number of hydrogen-bond donors (Lipinski definition) is 0. The Bertz CT molecular complexity index is 651. The summed E-state index contributed by atoms with van der Waals surface area (Å²) in [5, 5.41) is 0. The molecule has 1 aromatic heterocycles. The van der Waals surface area contributed by atoms with Crippen LogP contribution in [0.1, 0.15) is 31.1 Å². The summed E-state index contributed by atoms with van der Waals surface area (Å²) in [6, 6.07) is 9.39. The van der Waals surface area contributed by atoms with Crippen molar-refractivity contribution in [3.8, 4) is 11.5 Å². The largest absolute Gasteiger partial charge is 0.467 e. The van der Waals surface area contributed by atoms with Crippen LogP contribution in [0.4, 0.5) is 0 Å². The highest BCUT2D eigenvalue weighted by molar-refractivity contribution is 5.79. The molecule has 5 nitrogen and oxygen atoms in total. The molecule has 0 spiro atoms. The van der Waals surface area contributed by atoms with Crippen LogP contribution in [0.2, 0.25) is 0 Å². The quantitative estimate of drug-likeness (QED) is 0.786. The molecule has 0 saturated carbocycles. The van der Waals surface area contributed by atoms with Crippen LogP contribution in [0, 0.1) is 0 Å². The number of carbonyl (C=O) groups is 1. The zero-order chi connectivity index (χ0) is 16.1. The highest BCUT2D eigenvalue weighted by atomic mass is 16.7. The fourth-order valence-electron chi connectivity index (χ4n) is 2.57. The predicted molar refractivity (Wildman–Crippen MR) is 85.3 cm³/mol. The van der Waals surface area contributed by atoms with Crippen molar-refractivity contribution in [1.82, 2.24) is 4.90 Å². The summed E-state index contributed by atoms with van der Waals surface area (Å²) in [5.74, 6) is 2.34. The van der Waals surface area contributed by atoms with Crippen LogP contribution in [0.5, 0.6) is 11.5 Å². The Morgan fingerprint density at radius 2 is 2.09 bits per heavy atom. The number of ether oxygens (including phenoxy) is 2. The maximum absolute atomic E-state index is 12.7. The molecule has 1 aromatic carbocycles. The van der Waals surface area contributed by atoms with E-state index in [-0.39, 0.29) is 12.7 Å². The Labute approximate surface area is 135 Å². The van der Waals surface area contributed by atoms with Crippen molar-refractivity contribution in [2.45, 2.75) is 32.7 Å². The van der Waals surface area contributed by atoms with Crippen molar-refractivity contribution in [1.29, 1.82) is 0 Å². The summed E-state index contributed by atoms with van der Waals surface area (Å²) >= 11 is 0. The fourth-order valence-corrected chi connectivity index (χ4v) is 2.57. The van der Waals surface area contributed by atoms with Crippen molar-refractivity contribution in [2.24, 2.45) is 0 Å². The molecule has 2 heterocycles. The van der Waals surface area contributed by atoms with Gasteiger partial charge in [0, 0.05) is 6.54 Å². The standard InChI is InChI=1S/C18H21NO4/c1-2-3-8-19(12-15-5-4-9-21-15)18(20)11-14-6-7-16-17(10-14)23-13-22-16/h4-7,9-10H,2-3,8,11-13H2,1H3. The van der Waals surface area contributed by atoms with E-state index < -0.39 is 0 Å². The van der Waals surface area contributed by atoms with Gasteiger partial charge < -0.3 is 18.8 Å². The fraction of sp³-hybridized carbons (Fsp3) is 0.389. The number of furan rings is 1. The highest BCUT2D eigenvalue weighted by Gasteiger charge is 2.18. The van der Waals surface area contributed by atoms with Gasteiger partial charge in [-0.15, -0.1) is 0 Å². The van der Waals surface area contributed by atoms with E-state index in [1.807, 2.05) is 35.2 Å². The average molecular weight is 315 g/mol. The smallest absolute Gasteiger partial charge is 0.231 e. The molecule has 1 amide bonds. The molecule has 122 valence electrons. The molecule has 0 N–H and O–H groups in total. The average Bonchev–Trinajstić information content (AvgIpc) is 3.22. The molecule has 0 fully saturated rings. The van der Waals surface area contributed by atoms with E-state index in [0.717, 1.165) is 36.5 Å². The van der Waals surface area contributed by atoms with Gasteiger partial charge in [0.15, 0.2) is 11.5 Å². The second-order valence-electron chi connectivity index (χ2n) is 5.61. The molecule has 3 rings (SSSR count). The number of benzene rings is 1.